The molecule has 3 nitrogen and oxygen atoms in total. The highest BCUT2D eigenvalue weighted by Gasteiger charge is 2.16. The van der Waals surface area contributed by atoms with Crippen LogP contribution >= 0.6 is 0 Å². The van der Waals surface area contributed by atoms with Gasteiger partial charge in [-0.05, 0) is 37.5 Å². The molecule has 0 aliphatic heterocycles. The lowest BCUT2D eigenvalue weighted by Gasteiger charge is -2.23. The van der Waals surface area contributed by atoms with Crippen LogP contribution in [0.2, 0.25) is 0 Å². The zero-order valence-electron chi connectivity index (χ0n) is 13.2. The van der Waals surface area contributed by atoms with E-state index in [2.05, 4.69) is 42.6 Å². The van der Waals surface area contributed by atoms with E-state index in [1.807, 2.05) is 24.7 Å². The third-order valence-electron chi connectivity index (χ3n) is 3.70. The van der Waals surface area contributed by atoms with Crippen molar-refractivity contribution in [3.8, 4) is 0 Å². The zero-order chi connectivity index (χ0) is 15.4. The first-order valence-corrected chi connectivity index (χ1v) is 7.48. The average Bonchev–Trinajstić information content (AvgIpc) is 2.89. The number of nitrogens with one attached hydrogen (secondary N) is 1. The Kier molecular flexibility index (Phi) is 5.12. The summed E-state index contributed by atoms with van der Waals surface area (Å²) < 4.78 is 15.2. The average molecular weight is 289 g/mol. The maximum atomic E-state index is 13.1. The van der Waals surface area contributed by atoms with Gasteiger partial charge in [-0.2, -0.15) is 0 Å². The first-order valence-electron chi connectivity index (χ1n) is 7.48. The molecule has 1 aromatic heterocycles. The van der Waals surface area contributed by atoms with E-state index in [1.165, 1.54) is 12.1 Å². The molecule has 0 aliphatic carbocycles. The number of hydrogen-bond donors (Lipinski definition) is 1. The Balaban J connectivity index is 2.10. The van der Waals surface area contributed by atoms with E-state index in [4.69, 9.17) is 0 Å². The van der Waals surface area contributed by atoms with Gasteiger partial charge in [0.1, 0.15) is 5.82 Å². The summed E-state index contributed by atoms with van der Waals surface area (Å²) in [6.45, 7) is 9.37. The molecule has 0 bridgehead atoms. The van der Waals surface area contributed by atoms with E-state index in [1.54, 1.807) is 0 Å². The molecule has 0 amide bonds. The highest BCUT2D eigenvalue weighted by molar-refractivity contribution is 5.20. The lowest BCUT2D eigenvalue weighted by molar-refractivity contribution is 0.401. The summed E-state index contributed by atoms with van der Waals surface area (Å²) in [5, 5.41) is 3.57. The first-order chi connectivity index (χ1) is 9.99. The van der Waals surface area contributed by atoms with Crippen LogP contribution in [0.4, 0.5) is 4.39 Å². The van der Waals surface area contributed by atoms with Gasteiger partial charge in [-0.15, -0.1) is 0 Å². The van der Waals surface area contributed by atoms with Crippen molar-refractivity contribution in [2.45, 2.75) is 46.3 Å². The van der Waals surface area contributed by atoms with E-state index in [-0.39, 0.29) is 11.9 Å². The maximum absolute atomic E-state index is 13.1. The van der Waals surface area contributed by atoms with Crippen LogP contribution in [0.25, 0.3) is 0 Å². The van der Waals surface area contributed by atoms with Crippen molar-refractivity contribution < 1.29 is 4.39 Å². The Morgan fingerprint density at radius 3 is 2.38 bits per heavy atom. The summed E-state index contributed by atoms with van der Waals surface area (Å²) in [5.41, 5.74) is 2.28. The molecule has 21 heavy (non-hydrogen) atoms. The molecule has 4 heteroatoms. The molecule has 2 aromatic rings. The van der Waals surface area contributed by atoms with Crippen molar-refractivity contribution in [1.29, 1.82) is 0 Å². The minimum absolute atomic E-state index is 0.195. The van der Waals surface area contributed by atoms with E-state index in [9.17, 15) is 4.39 Å². The second-order valence-electron chi connectivity index (χ2n) is 6.04. The first kappa shape index (κ1) is 15.7. The molecule has 114 valence electrons. The van der Waals surface area contributed by atoms with Crippen molar-refractivity contribution >= 4 is 0 Å². The van der Waals surface area contributed by atoms with Crippen molar-refractivity contribution in [3.63, 3.8) is 0 Å². The quantitative estimate of drug-likeness (QED) is 0.868. The molecule has 1 heterocycles. The smallest absolute Gasteiger partial charge is 0.123 e. The molecule has 0 spiro atoms. The van der Waals surface area contributed by atoms with Gasteiger partial charge in [0.25, 0.3) is 0 Å². The minimum Gasteiger partial charge on any atom is -0.331 e. The summed E-state index contributed by atoms with van der Waals surface area (Å²) in [5.74, 6) is 0.227. The maximum Gasteiger partial charge on any atom is 0.123 e. The molecular formula is C17H24FN3. The number of rotatable bonds is 6. The van der Waals surface area contributed by atoms with Crippen molar-refractivity contribution in [3.05, 3.63) is 53.9 Å². The van der Waals surface area contributed by atoms with Gasteiger partial charge in [-0.1, -0.05) is 26.0 Å². The van der Waals surface area contributed by atoms with Crippen LogP contribution in [0.3, 0.4) is 0 Å². The summed E-state index contributed by atoms with van der Waals surface area (Å²) in [7, 11) is 0. The molecule has 0 saturated carbocycles. The third-order valence-corrected chi connectivity index (χ3v) is 3.70. The molecule has 1 N–H and O–H groups in total. The van der Waals surface area contributed by atoms with Crippen molar-refractivity contribution in [2.24, 2.45) is 5.92 Å². The Hall–Kier alpha value is -1.68. The summed E-state index contributed by atoms with van der Waals surface area (Å²) in [6.07, 6.45) is 3.76. The Labute approximate surface area is 126 Å². The number of nitrogens with zero attached hydrogens (tertiary/aromatic N) is 2. The van der Waals surface area contributed by atoms with E-state index in [0.29, 0.717) is 12.0 Å². The Morgan fingerprint density at radius 1 is 1.14 bits per heavy atom. The molecule has 2 rings (SSSR count). The standard InChI is InChI=1S/C17H24FN3/c1-12(2)17(14-5-7-15(18)8-6-14)20-10-16-9-19-11-21(16)13(3)4/h5-9,11-13,17,20H,10H2,1-4H3. The number of imidazole rings is 1. The fraction of sp³-hybridized carbons (Fsp3) is 0.471. The van der Waals surface area contributed by atoms with Gasteiger partial charge < -0.3 is 9.88 Å². The van der Waals surface area contributed by atoms with Crippen LogP contribution in [0, 0.1) is 11.7 Å². The highest BCUT2D eigenvalue weighted by Crippen LogP contribution is 2.22. The fourth-order valence-corrected chi connectivity index (χ4v) is 2.56. The van der Waals surface area contributed by atoms with Crippen LogP contribution < -0.4 is 5.32 Å². The largest absolute Gasteiger partial charge is 0.331 e. The van der Waals surface area contributed by atoms with E-state index >= 15 is 0 Å². The van der Waals surface area contributed by atoms with Crippen molar-refractivity contribution in [1.82, 2.24) is 14.9 Å². The van der Waals surface area contributed by atoms with E-state index in [0.717, 1.165) is 17.8 Å². The number of benzene rings is 1. The number of hydrogen-bond acceptors (Lipinski definition) is 2. The van der Waals surface area contributed by atoms with Gasteiger partial charge in [-0.3, -0.25) is 0 Å². The molecular weight excluding hydrogens is 265 g/mol. The van der Waals surface area contributed by atoms with Gasteiger partial charge in [0, 0.05) is 24.8 Å². The molecule has 1 aromatic carbocycles. The van der Waals surface area contributed by atoms with E-state index < -0.39 is 0 Å². The third kappa shape index (κ3) is 3.91. The predicted molar refractivity (Wildman–Crippen MR) is 83.4 cm³/mol. The summed E-state index contributed by atoms with van der Waals surface area (Å²) in [6, 6.07) is 7.34. The van der Waals surface area contributed by atoms with Gasteiger partial charge in [0.05, 0.1) is 12.0 Å². The molecule has 1 atom stereocenters. The van der Waals surface area contributed by atoms with Gasteiger partial charge in [0.2, 0.25) is 0 Å². The monoisotopic (exact) mass is 289 g/mol. The van der Waals surface area contributed by atoms with Gasteiger partial charge >= 0.3 is 0 Å². The lowest BCUT2D eigenvalue weighted by Crippen LogP contribution is -2.26. The second kappa shape index (κ2) is 6.85. The Bertz CT molecular complexity index is 558. The number of aromatic nitrogens is 2. The number of halogens is 1. The topological polar surface area (TPSA) is 29.9 Å². The molecule has 0 aliphatic rings. The van der Waals surface area contributed by atoms with Gasteiger partial charge in [0.15, 0.2) is 0 Å². The van der Waals surface area contributed by atoms with Crippen LogP contribution in [0.15, 0.2) is 36.8 Å². The highest BCUT2D eigenvalue weighted by atomic mass is 19.1. The van der Waals surface area contributed by atoms with Crippen molar-refractivity contribution in [2.75, 3.05) is 0 Å². The molecule has 0 fully saturated rings. The normalized spacial score (nSPS) is 13.1. The van der Waals surface area contributed by atoms with Crippen LogP contribution in [-0.4, -0.2) is 9.55 Å². The van der Waals surface area contributed by atoms with Crippen LogP contribution in [0.5, 0.6) is 0 Å². The predicted octanol–water partition coefficient (Wildman–Crippen LogP) is 4.09. The van der Waals surface area contributed by atoms with Gasteiger partial charge in [-0.25, -0.2) is 9.37 Å². The minimum atomic E-state index is -0.195. The summed E-state index contributed by atoms with van der Waals surface area (Å²) in [4.78, 5) is 4.22. The second-order valence-corrected chi connectivity index (χ2v) is 6.04. The molecule has 0 radical (unpaired) electrons. The molecule has 0 saturated heterocycles. The molecule has 1 unspecified atom stereocenters. The summed E-state index contributed by atoms with van der Waals surface area (Å²) >= 11 is 0. The lowest BCUT2D eigenvalue weighted by atomic mass is 9.96. The van der Waals surface area contributed by atoms with Crippen LogP contribution in [-0.2, 0) is 6.54 Å². The Morgan fingerprint density at radius 2 is 1.81 bits per heavy atom. The van der Waals surface area contributed by atoms with Crippen LogP contribution in [0.1, 0.15) is 51.0 Å². The SMILES string of the molecule is CC(C)C(NCc1cncn1C(C)C)c1ccc(F)cc1. The zero-order valence-corrected chi connectivity index (χ0v) is 13.2. The fourth-order valence-electron chi connectivity index (χ4n) is 2.56.